The molecule has 1 aliphatic carbocycles. The zero-order chi connectivity index (χ0) is 22.8. The first kappa shape index (κ1) is 21.8. The molecule has 3 aromatic carbocycles. The standard InChI is InChI=1S/C28H29FN2O2/c29-25-10-7-21(8-11-25)20-3-5-22(6-4-20)28(33)30-26-12-9-23-15-19(1-2-24(23)16-26)17-31-14-13-27(32)18-31/h1-8,10-11,15,26-27,32H,9,12-14,16-18H2,(H,30,33). The lowest BCUT2D eigenvalue weighted by atomic mass is 9.87. The molecule has 1 saturated heterocycles. The molecule has 1 aliphatic heterocycles. The van der Waals surface area contributed by atoms with E-state index in [1.54, 1.807) is 12.1 Å². The van der Waals surface area contributed by atoms with Gasteiger partial charge in [-0.15, -0.1) is 0 Å². The van der Waals surface area contributed by atoms with E-state index in [4.69, 9.17) is 0 Å². The smallest absolute Gasteiger partial charge is 0.251 e. The number of aryl methyl sites for hydroxylation is 1. The number of carbonyl (C=O) groups excluding carboxylic acids is 1. The molecule has 4 nitrogen and oxygen atoms in total. The summed E-state index contributed by atoms with van der Waals surface area (Å²) in [5.74, 6) is -0.315. The van der Waals surface area contributed by atoms with Crippen molar-refractivity contribution in [3.63, 3.8) is 0 Å². The lowest BCUT2D eigenvalue weighted by Crippen LogP contribution is -2.38. The van der Waals surface area contributed by atoms with Crippen LogP contribution in [0.5, 0.6) is 0 Å². The number of fused-ring (bicyclic) bond motifs is 1. The van der Waals surface area contributed by atoms with E-state index in [2.05, 4.69) is 28.4 Å². The highest BCUT2D eigenvalue weighted by molar-refractivity contribution is 5.94. The van der Waals surface area contributed by atoms with Crippen molar-refractivity contribution in [3.05, 3.63) is 94.8 Å². The van der Waals surface area contributed by atoms with Gasteiger partial charge in [0.15, 0.2) is 0 Å². The first-order valence-corrected chi connectivity index (χ1v) is 11.7. The molecule has 2 N–H and O–H groups in total. The van der Waals surface area contributed by atoms with Crippen LogP contribution in [0.4, 0.5) is 4.39 Å². The second-order valence-corrected chi connectivity index (χ2v) is 9.28. The second kappa shape index (κ2) is 9.46. The maximum Gasteiger partial charge on any atom is 0.251 e. The summed E-state index contributed by atoms with van der Waals surface area (Å²) in [5.41, 5.74) is 6.50. The van der Waals surface area contributed by atoms with Crippen molar-refractivity contribution < 1.29 is 14.3 Å². The summed E-state index contributed by atoms with van der Waals surface area (Å²) in [5, 5.41) is 12.9. The van der Waals surface area contributed by atoms with Crippen LogP contribution in [0, 0.1) is 5.82 Å². The average Bonchev–Trinajstić information content (AvgIpc) is 3.24. The molecular formula is C28H29FN2O2. The van der Waals surface area contributed by atoms with Gasteiger partial charge in [-0.3, -0.25) is 9.69 Å². The van der Waals surface area contributed by atoms with Gasteiger partial charge in [-0.2, -0.15) is 0 Å². The Bertz CT molecular complexity index is 1130. The topological polar surface area (TPSA) is 52.6 Å². The number of nitrogens with zero attached hydrogens (tertiary/aromatic N) is 1. The Labute approximate surface area is 194 Å². The van der Waals surface area contributed by atoms with E-state index in [0.29, 0.717) is 5.56 Å². The van der Waals surface area contributed by atoms with Gasteiger partial charge < -0.3 is 10.4 Å². The summed E-state index contributed by atoms with van der Waals surface area (Å²) < 4.78 is 13.1. The molecule has 1 heterocycles. The third-order valence-corrected chi connectivity index (χ3v) is 6.81. The molecule has 2 atom stereocenters. The monoisotopic (exact) mass is 444 g/mol. The zero-order valence-corrected chi connectivity index (χ0v) is 18.6. The van der Waals surface area contributed by atoms with Crippen LogP contribution >= 0.6 is 0 Å². The van der Waals surface area contributed by atoms with Crippen LogP contribution in [0.3, 0.4) is 0 Å². The summed E-state index contributed by atoms with van der Waals surface area (Å²) in [6.07, 6.45) is 3.41. The molecule has 2 unspecified atom stereocenters. The molecule has 170 valence electrons. The van der Waals surface area contributed by atoms with E-state index in [1.807, 2.05) is 24.3 Å². The maximum absolute atomic E-state index is 13.1. The minimum Gasteiger partial charge on any atom is -0.392 e. The highest BCUT2D eigenvalue weighted by Gasteiger charge is 2.23. The normalized spacial score (nSPS) is 20.4. The van der Waals surface area contributed by atoms with Crippen LogP contribution in [0.25, 0.3) is 11.1 Å². The zero-order valence-electron chi connectivity index (χ0n) is 18.6. The Kier molecular flexibility index (Phi) is 6.25. The maximum atomic E-state index is 13.1. The minimum absolute atomic E-state index is 0.0571. The third kappa shape index (κ3) is 5.15. The largest absolute Gasteiger partial charge is 0.392 e. The number of likely N-dealkylation sites (tertiary alicyclic amines) is 1. The fraction of sp³-hybridized carbons (Fsp3) is 0.321. The van der Waals surface area contributed by atoms with E-state index < -0.39 is 0 Å². The van der Waals surface area contributed by atoms with Crippen molar-refractivity contribution in [2.45, 2.75) is 44.4 Å². The molecule has 5 heteroatoms. The number of hydrogen-bond donors (Lipinski definition) is 2. The van der Waals surface area contributed by atoms with Crippen LogP contribution in [0.15, 0.2) is 66.7 Å². The molecule has 0 aromatic heterocycles. The fourth-order valence-corrected chi connectivity index (χ4v) is 4.97. The minimum atomic E-state index is -0.258. The van der Waals surface area contributed by atoms with Crippen LogP contribution in [-0.2, 0) is 19.4 Å². The van der Waals surface area contributed by atoms with Crippen molar-refractivity contribution in [1.82, 2.24) is 10.2 Å². The highest BCUT2D eigenvalue weighted by Crippen LogP contribution is 2.25. The van der Waals surface area contributed by atoms with Crippen LogP contribution in [0.2, 0.25) is 0 Å². The molecule has 0 bridgehead atoms. The quantitative estimate of drug-likeness (QED) is 0.615. The Morgan fingerprint density at radius 2 is 1.70 bits per heavy atom. The Balaban J connectivity index is 1.19. The first-order valence-electron chi connectivity index (χ1n) is 11.7. The lowest BCUT2D eigenvalue weighted by Gasteiger charge is -2.26. The lowest BCUT2D eigenvalue weighted by molar-refractivity contribution is 0.0933. The molecule has 5 rings (SSSR count). The Morgan fingerprint density at radius 3 is 2.39 bits per heavy atom. The molecule has 3 aromatic rings. The number of β-amino-alcohol motifs (C(OH)–C–C–N with tert-alkyl or cyclic N) is 1. The van der Waals surface area contributed by atoms with Crippen LogP contribution < -0.4 is 5.32 Å². The molecule has 1 amide bonds. The summed E-state index contributed by atoms with van der Waals surface area (Å²) in [6.45, 7) is 2.60. The number of carbonyl (C=O) groups is 1. The second-order valence-electron chi connectivity index (χ2n) is 9.28. The van der Waals surface area contributed by atoms with Gasteiger partial charge in [0.2, 0.25) is 0 Å². The number of nitrogens with one attached hydrogen (secondary N) is 1. The van der Waals surface area contributed by atoms with E-state index in [1.165, 1.54) is 28.8 Å². The number of hydrogen-bond acceptors (Lipinski definition) is 3. The highest BCUT2D eigenvalue weighted by atomic mass is 19.1. The summed E-state index contributed by atoms with van der Waals surface area (Å²) in [4.78, 5) is 15.1. The average molecular weight is 445 g/mol. The summed E-state index contributed by atoms with van der Waals surface area (Å²) in [6, 6.07) is 20.6. The van der Waals surface area contributed by atoms with E-state index in [-0.39, 0.29) is 23.9 Å². The Hall–Kier alpha value is -3.02. The van der Waals surface area contributed by atoms with Crippen molar-refractivity contribution >= 4 is 5.91 Å². The van der Waals surface area contributed by atoms with E-state index >= 15 is 0 Å². The third-order valence-electron chi connectivity index (χ3n) is 6.81. The number of halogens is 1. The number of aliphatic hydroxyl groups is 1. The van der Waals surface area contributed by atoms with Crippen molar-refractivity contribution in [3.8, 4) is 11.1 Å². The van der Waals surface area contributed by atoms with Gasteiger partial charge in [-0.25, -0.2) is 4.39 Å². The summed E-state index contributed by atoms with van der Waals surface area (Å²) >= 11 is 0. The van der Waals surface area contributed by atoms with Gasteiger partial charge in [0.25, 0.3) is 5.91 Å². The van der Waals surface area contributed by atoms with Crippen molar-refractivity contribution in [1.29, 1.82) is 0 Å². The molecule has 1 fully saturated rings. The van der Waals surface area contributed by atoms with Gasteiger partial charge in [-0.1, -0.05) is 42.5 Å². The van der Waals surface area contributed by atoms with E-state index in [0.717, 1.165) is 56.4 Å². The number of aliphatic hydroxyl groups excluding tert-OH is 1. The molecule has 0 saturated carbocycles. The van der Waals surface area contributed by atoms with E-state index in [9.17, 15) is 14.3 Å². The summed E-state index contributed by atoms with van der Waals surface area (Å²) in [7, 11) is 0. The number of amides is 1. The molecule has 0 radical (unpaired) electrons. The number of benzene rings is 3. The SMILES string of the molecule is O=C(NC1CCc2cc(CN3CCC(O)C3)ccc2C1)c1ccc(-c2ccc(F)cc2)cc1. The molecular weight excluding hydrogens is 415 g/mol. The Morgan fingerprint density at radius 1 is 0.970 bits per heavy atom. The predicted octanol–water partition coefficient (Wildman–Crippen LogP) is 4.35. The van der Waals surface area contributed by atoms with Gasteiger partial charge in [0.05, 0.1) is 6.10 Å². The van der Waals surface area contributed by atoms with Gasteiger partial charge in [-0.05, 0) is 77.8 Å². The molecule has 2 aliphatic rings. The van der Waals surface area contributed by atoms with Crippen LogP contribution in [0.1, 0.15) is 39.9 Å². The van der Waals surface area contributed by atoms with Crippen LogP contribution in [-0.4, -0.2) is 41.1 Å². The van der Waals surface area contributed by atoms with Crippen molar-refractivity contribution in [2.75, 3.05) is 13.1 Å². The van der Waals surface area contributed by atoms with Crippen molar-refractivity contribution in [2.24, 2.45) is 0 Å². The fourth-order valence-electron chi connectivity index (χ4n) is 4.97. The van der Waals surface area contributed by atoms with Gasteiger partial charge >= 0.3 is 0 Å². The van der Waals surface area contributed by atoms with Gasteiger partial charge in [0.1, 0.15) is 5.82 Å². The molecule has 33 heavy (non-hydrogen) atoms. The molecule has 0 spiro atoms. The number of rotatable bonds is 5. The predicted molar refractivity (Wildman–Crippen MR) is 127 cm³/mol. The first-order chi connectivity index (χ1) is 16.0. The van der Waals surface area contributed by atoms with Gasteiger partial charge in [0, 0.05) is 31.2 Å².